The fourth-order valence-electron chi connectivity index (χ4n) is 2.62. The van der Waals surface area contributed by atoms with Crippen LogP contribution in [0.3, 0.4) is 0 Å². The Balaban J connectivity index is 2.04. The van der Waals surface area contributed by atoms with Gasteiger partial charge in [-0.05, 0) is 36.8 Å². The molecule has 0 radical (unpaired) electrons. The number of nitrogens with one attached hydrogen (secondary N) is 1. The highest BCUT2D eigenvalue weighted by atomic mass is 19.1. The van der Waals surface area contributed by atoms with Crippen molar-refractivity contribution < 1.29 is 4.39 Å². The quantitative estimate of drug-likeness (QED) is 0.775. The van der Waals surface area contributed by atoms with Crippen molar-refractivity contribution in [2.45, 2.75) is 39.2 Å². The molecule has 1 aromatic rings. The molecule has 1 aromatic heterocycles. The molecular formula is C13H19FN2. The summed E-state index contributed by atoms with van der Waals surface area (Å²) in [7, 11) is 0. The first-order valence-corrected chi connectivity index (χ1v) is 6.05. The molecule has 0 aliphatic heterocycles. The van der Waals surface area contributed by atoms with Crippen LogP contribution in [0.4, 0.5) is 10.1 Å². The van der Waals surface area contributed by atoms with Gasteiger partial charge in [0, 0.05) is 6.04 Å². The van der Waals surface area contributed by atoms with Gasteiger partial charge in [0.05, 0.1) is 11.9 Å². The number of halogens is 1. The van der Waals surface area contributed by atoms with E-state index in [1.54, 1.807) is 12.3 Å². The number of rotatable bonds is 2. The van der Waals surface area contributed by atoms with Gasteiger partial charge in [-0.2, -0.15) is 4.39 Å². The number of hydrogen-bond acceptors (Lipinski definition) is 2. The minimum absolute atomic E-state index is 0.421. The van der Waals surface area contributed by atoms with Crippen molar-refractivity contribution >= 4 is 5.69 Å². The Labute approximate surface area is 96.3 Å². The van der Waals surface area contributed by atoms with Crippen LogP contribution in [0.5, 0.6) is 0 Å². The van der Waals surface area contributed by atoms with E-state index in [1.165, 1.54) is 25.3 Å². The van der Waals surface area contributed by atoms with E-state index in [2.05, 4.69) is 24.1 Å². The number of nitrogens with zero attached hydrogens (tertiary/aromatic N) is 1. The Morgan fingerprint density at radius 3 is 2.50 bits per heavy atom. The molecule has 0 amide bonds. The van der Waals surface area contributed by atoms with Crippen LogP contribution in [0.2, 0.25) is 0 Å². The van der Waals surface area contributed by atoms with Crippen LogP contribution in [0.1, 0.15) is 33.1 Å². The molecule has 0 spiro atoms. The molecule has 0 aromatic carbocycles. The molecule has 1 N–H and O–H groups in total. The van der Waals surface area contributed by atoms with Gasteiger partial charge in [-0.15, -0.1) is 0 Å². The Kier molecular flexibility index (Phi) is 3.42. The predicted octanol–water partition coefficient (Wildman–Crippen LogP) is 3.46. The molecule has 1 aliphatic carbocycles. The van der Waals surface area contributed by atoms with Gasteiger partial charge in [-0.1, -0.05) is 20.3 Å². The fraction of sp³-hybridized carbons (Fsp3) is 0.615. The first-order chi connectivity index (χ1) is 7.66. The second kappa shape index (κ2) is 4.81. The Hall–Kier alpha value is -1.12. The summed E-state index contributed by atoms with van der Waals surface area (Å²) < 4.78 is 12.7. The highest BCUT2D eigenvalue weighted by Gasteiger charge is 2.27. The van der Waals surface area contributed by atoms with Crippen molar-refractivity contribution in [1.82, 2.24) is 4.98 Å². The molecule has 1 heterocycles. The maximum atomic E-state index is 12.7. The zero-order valence-electron chi connectivity index (χ0n) is 9.91. The van der Waals surface area contributed by atoms with Crippen LogP contribution in [0, 0.1) is 17.8 Å². The summed E-state index contributed by atoms with van der Waals surface area (Å²) in [6.45, 7) is 4.56. The molecule has 16 heavy (non-hydrogen) atoms. The van der Waals surface area contributed by atoms with Crippen molar-refractivity contribution in [3.8, 4) is 0 Å². The van der Waals surface area contributed by atoms with Gasteiger partial charge in [0.1, 0.15) is 0 Å². The smallest absolute Gasteiger partial charge is 0.212 e. The molecule has 2 unspecified atom stereocenters. The van der Waals surface area contributed by atoms with Crippen molar-refractivity contribution in [1.29, 1.82) is 0 Å². The highest BCUT2D eigenvalue weighted by Crippen LogP contribution is 2.31. The standard InChI is InChI=1S/C13H19FN2/c1-9-4-3-5-10(2)13(9)16-11-6-7-12(14)15-8-11/h6-10,13,16H,3-5H2,1-2H3. The molecule has 1 saturated carbocycles. The Bertz CT molecular complexity index is 326. The third-order valence-corrected chi connectivity index (χ3v) is 3.61. The summed E-state index contributed by atoms with van der Waals surface area (Å²) >= 11 is 0. The van der Waals surface area contributed by atoms with Crippen LogP contribution >= 0.6 is 0 Å². The SMILES string of the molecule is CC1CCCC(C)C1Nc1ccc(F)nc1. The first-order valence-electron chi connectivity index (χ1n) is 6.05. The van der Waals surface area contributed by atoms with Gasteiger partial charge in [0.25, 0.3) is 0 Å². The molecule has 0 bridgehead atoms. The van der Waals surface area contributed by atoms with E-state index in [9.17, 15) is 4.39 Å². The average molecular weight is 222 g/mol. The summed E-state index contributed by atoms with van der Waals surface area (Å²) in [4.78, 5) is 3.67. The lowest BCUT2D eigenvalue weighted by molar-refractivity contribution is 0.268. The van der Waals surface area contributed by atoms with Crippen LogP contribution in [0.15, 0.2) is 18.3 Å². The second-order valence-electron chi connectivity index (χ2n) is 4.93. The van der Waals surface area contributed by atoms with E-state index in [1.807, 2.05) is 0 Å². The maximum Gasteiger partial charge on any atom is 0.212 e. The monoisotopic (exact) mass is 222 g/mol. The minimum Gasteiger partial charge on any atom is -0.381 e. The zero-order valence-corrected chi connectivity index (χ0v) is 9.91. The van der Waals surface area contributed by atoms with Crippen LogP contribution < -0.4 is 5.32 Å². The number of pyridine rings is 1. The third kappa shape index (κ3) is 2.52. The van der Waals surface area contributed by atoms with Gasteiger partial charge in [-0.3, -0.25) is 0 Å². The van der Waals surface area contributed by atoms with E-state index < -0.39 is 5.95 Å². The lowest BCUT2D eigenvalue weighted by atomic mass is 9.78. The van der Waals surface area contributed by atoms with Gasteiger partial charge >= 0.3 is 0 Å². The van der Waals surface area contributed by atoms with Crippen molar-refractivity contribution in [2.24, 2.45) is 11.8 Å². The van der Waals surface area contributed by atoms with E-state index in [4.69, 9.17) is 0 Å². The summed E-state index contributed by atoms with van der Waals surface area (Å²) in [5, 5.41) is 3.48. The van der Waals surface area contributed by atoms with Crippen LogP contribution in [-0.4, -0.2) is 11.0 Å². The third-order valence-electron chi connectivity index (χ3n) is 3.61. The molecule has 2 atom stereocenters. The molecule has 3 heteroatoms. The lowest BCUT2D eigenvalue weighted by Crippen LogP contribution is -2.37. The maximum absolute atomic E-state index is 12.7. The van der Waals surface area contributed by atoms with Crippen molar-refractivity contribution in [3.05, 3.63) is 24.3 Å². The van der Waals surface area contributed by atoms with Crippen LogP contribution in [0.25, 0.3) is 0 Å². The second-order valence-corrected chi connectivity index (χ2v) is 4.93. The number of hydrogen-bond donors (Lipinski definition) is 1. The molecule has 1 fully saturated rings. The first kappa shape index (κ1) is 11.4. The normalized spacial score (nSPS) is 30.1. The van der Waals surface area contributed by atoms with E-state index in [-0.39, 0.29) is 0 Å². The van der Waals surface area contributed by atoms with E-state index >= 15 is 0 Å². The highest BCUT2D eigenvalue weighted by molar-refractivity contribution is 5.41. The molecule has 88 valence electrons. The Morgan fingerprint density at radius 1 is 1.25 bits per heavy atom. The van der Waals surface area contributed by atoms with E-state index in [0.717, 1.165) is 5.69 Å². The summed E-state index contributed by atoms with van der Waals surface area (Å²) in [5.41, 5.74) is 0.923. The molecule has 2 nitrogen and oxygen atoms in total. The summed E-state index contributed by atoms with van der Waals surface area (Å²) in [6, 6.07) is 3.65. The molecular weight excluding hydrogens is 203 g/mol. The average Bonchev–Trinajstić information content (AvgIpc) is 2.26. The largest absolute Gasteiger partial charge is 0.381 e. The Morgan fingerprint density at radius 2 is 1.94 bits per heavy atom. The fourth-order valence-corrected chi connectivity index (χ4v) is 2.62. The lowest BCUT2D eigenvalue weighted by Gasteiger charge is -2.35. The van der Waals surface area contributed by atoms with Crippen molar-refractivity contribution in [2.75, 3.05) is 5.32 Å². The van der Waals surface area contributed by atoms with Gasteiger partial charge in [-0.25, -0.2) is 4.98 Å². The van der Waals surface area contributed by atoms with Gasteiger partial charge in [0.15, 0.2) is 0 Å². The zero-order chi connectivity index (χ0) is 11.5. The molecule has 1 aliphatic rings. The summed E-state index contributed by atoms with van der Waals surface area (Å²) in [6.07, 6.45) is 5.44. The van der Waals surface area contributed by atoms with Crippen LogP contribution in [-0.2, 0) is 0 Å². The van der Waals surface area contributed by atoms with E-state index in [0.29, 0.717) is 17.9 Å². The minimum atomic E-state index is -0.421. The number of anilines is 1. The topological polar surface area (TPSA) is 24.9 Å². The molecule has 2 rings (SSSR count). The van der Waals surface area contributed by atoms with Gasteiger partial charge in [0.2, 0.25) is 5.95 Å². The molecule has 0 saturated heterocycles. The predicted molar refractivity (Wildman–Crippen MR) is 63.8 cm³/mol. The van der Waals surface area contributed by atoms with Gasteiger partial charge < -0.3 is 5.32 Å². The number of aromatic nitrogens is 1. The summed E-state index contributed by atoms with van der Waals surface area (Å²) in [5.74, 6) is 0.929. The van der Waals surface area contributed by atoms with Crippen molar-refractivity contribution in [3.63, 3.8) is 0 Å².